The zero-order valence-corrected chi connectivity index (χ0v) is 23.6. The van der Waals surface area contributed by atoms with Gasteiger partial charge in [0, 0.05) is 42.3 Å². The van der Waals surface area contributed by atoms with Crippen molar-refractivity contribution in [2.75, 3.05) is 26.3 Å². The molecule has 0 N–H and O–H groups in total. The monoisotopic (exact) mass is 583 g/mol. The Kier molecular flexibility index (Phi) is 6.46. The van der Waals surface area contributed by atoms with Crippen molar-refractivity contribution in [3.63, 3.8) is 0 Å². The lowest BCUT2D eigenvalue weighted by atomic mass is 10.0. The van der Waals surface area contributed by atoms with Gasteiger partial charge in [-0.3, -0.25) is 0 Å². The maximum absolute atomic E-state index is 14.0. The van der Waals surface area contributed by atoms with Crippen molar-refractivity contribution in [3.8, 4) is 0 Å². The van der Waals surface area contributed by atoms with Gasteiger partial charge in [0.1, 0.15) is 10.9 Å². The second kappa shape index (κ2) is 9.49. The minimum atomic E-state index is -3.86. The standard InChI is InChI=1S/C26H34ClN3O6S2/c27-18-3-9-22(10-4-18)38(33,34)30-23(17-1-2-17)15-35-16-24(30)26(11-12-26)36-25(31)28-13-19-5-6-20(14-28)29(19)37(32)21-7-8-21/h3-4,9-10,17,19-21,23-24H,1-2,5-8,11-16H2/t19?,20?,23-,24+,37?/m0/s1. The summed E-state index contributed by atoms with van der Waals surface area (Å²) >= 11 is 5.07. The van der Waals surface area contributed by atoms with Gasteiger partial charge < -0.3 is 18.9 Å². The molecule has 7 rings (SSSR count). The SMILES string of the molecule is O=C(OC1([C@H]2COC[C@@H](C3CC3)N2S(=O)(=O)c2ccc(Cl)cc2)CC1)N1CC2CCC(C1)N2[S+]([O-])C1CC1. The third kappa shape index (κ3) is 4.55. The van der Waals surface area contributed by atoms with Crippen molar-refractivity contribution in [1.29, 1.82) is 0 Å². The van der Waals surface area contributed by atoms with E-state index >= 15 is 0 Å². The van der Waals surface area contributed by atoms with Gasteiger partial charge in [0.15, 0.2) is 0 Å². The van der Waals surface area contributed by atoms with Gasteiger partial charge in [-0.25, -0.2) is 13.2 Å². The summed E-state index contributed by atoms with van der Waals surface area (Å²) in [4.78, 5) is 15.5. The summed E-state index contributed by atoms with van der Waals surface area (Å²) in [7, 11) is -3.86. The molecule has 12 heteroatoms. The molecule has 6 aliphatic rings. The number of morpholine rings is 1. The minimum Gasteiger partial charge on any atom is -0.598 e. The topological polar surface area (TPSA) is 102 Å². The lowest BCUT2D eigenvalue weighted by Gasteiger charge is -2.45. The molecule has 0 radical (unpaired) electrons. The van der Waals surface area contributed by atoms with E-state index in [0.29, 0.717) is 37.6 Å². The maximum atomic E-state index is 14.0. The van der Waals surface area contributed by atoms with E-state index in [4.69, 9.17) is 21.1 Å². The van der Waals surface area contributed by atoms with Crippen LogP contribution in [0.4, 0.5) is 4.79 Å². The van der Waals surface area contributed by atoms with Crippen molar-refractivity contribution < 1.29 is 27.2 Å². The number of rotatable bonds is 7. The molecule has 3 unspecified atom stereocenters. The molecule has 3 aliphatic heterocycles. The number of carbonyl (C=O) groups is 1. The zero-order valence-electron chi connectivity index (χ0n) is 21.2. The lowest BCUT2D eigenvalue weighted by molar-refractivity contribution is -0.0770. The van der Waals surface area contributed by atoms with Crippen LogP contribution < -0.4 is 0 Å². The quantitative estimate of drug-likeness (QED) is 0.454. The zero-order chi connectivity index (χ0) is 26.2. The van der Waals surface area contributed by atoms with Crippen LogP contribution in [0, 0.1) is 5.92 Å². The number of hydrogen-bond acceptors (Lipinski definition) is 7. The van der Waals surface area contributed by atoms with Crippen molar-refractivity contribution in [1.82, 2.24) is 13.5 Å². The van der Waals surface area contributed by atoms with Gasteiger partial charge in [0.05, 0.1) is 42.3 Å². The Hall–Kier alpha value is -1.08. The van der Waals surface area contributed by atoms with Crippen LogP contribution in [0.1, 0.15) is 51.4 Å². The Morgan fingerprint density at radius 2 is 1.68 bits per heavy atom. The number of amides is 1. The predicted octanol–water partition coefficient (Wildman–Crippen LogP) is 3.15. The van der Waals surface area contributed by atoms with E-state index in [1.54, 1.807) is 33.5 Å². The molecule has 0 aromatic heterocycles. The van der Waals surface area contributed by atoms with E-state index in [9.17, 15) is 17.8 Å². The van der Waals surface area contributed by atoms with Gasteiger partial charge in [-0.15, -0.1) is 4.31 Å². The molecular formula is C26H34ClN3O6S2. The number of benzene rings is 1. The highest BCUT2D eigenvalue weighted by Crippen LogP contribution is 2.51. The summed E-state index contributed by atoms with van der Waals surface area (Å²) in [6.07, 6.45) is 6.67. The van der Waals surface area contributed by atoms with Gasteiger partial charge in [-0.2, -0.15) is 4.31 Å². The Bertz CT molecular complexity index is 1180. The molecule has 3 saturated carbocycles. The molecule has 1 amide bonds. The fourth-order valence-electron chi connectivity index (χ4n) is 6.58. The van der Waals surface area contributed by atoms with Crippen LogP contribution >= 0.6 is 11.6 Å². The Labute approximate surface area is 232 Å². The third-order valence-corrected chi connectivity index (χ3v) is 13.3. The predicted molar refractivity (Wildman–Crippen MR) is 141 cm³/mol. The molecule has 3 aliphatic carbocycles. The molecule has 38 heavy (non-hydrogen) atoms. The average Bonchev–Trinajstić information content (AvgIpc) is 3.76. The van der Waals surface area contributed by atoms with Crippen LogP contribution in [0.25, 0.3) is 0 Å². The largest absolute Gasteiger partial charge is 0.598 e. The average molecular weight is 584 g/mol. The first-order chi connectivity index (χ1) is 18.3. The molecule has 208 valence electrons. The van der Waals surface area contributed by atoms with Crippen LogP contribution in [0.2, 0.25) is 5.02 Å². The van der Waals surface area contributed by atoms with Crippen LogP contribution in [0.5, 0.6) is 0 Å². The molecule has 1 aromatic carbocycles. The maximum Gasteiger partial charge on any atom is 0.410 e. The van der Waals surface area contributed by atoms with Crippen LogP contribution in [0.15, 0.2) is 29.2 Å². The summed E-state index contributed by atoms with van der Waals surface area (Å²) < 4.78 is 56.9. The second-order valence-corrected chi connectivity index (χ2v) is 15.7. The molecule has 3 heterocycles. The van der Waals surface area contributed by atoms with Gasteiger partial charge in [-0.1, -0.05) is 11.6 Å². The molecular weight excluding hydrogens is 550 g/mol. The van der Waals surface area contributed by atoms with Gasteiger partial charge >= 0.3 is 6.09 Å². The first kappa shape index (κ1) is 25.9. The summed E-state index contributed by atoms with van der Waals surface area (Å²) in [5.41, 5.74) is -0.892. The highest BCUT2D eigenvalue weighted by Gasteiger charge is 2.62. The molecule has 3 saturated heterocycles. The highest BCUT2D eigenvalue weighted by atomic mass is 35.5. The summed E-state index contributed by atoms with van der Waals surface area (Å²) in [6, 6.07) is 5.60. The molecule has 0 spiro atoms. The molecule has 1 aromatic rings. The van der Waals surface area contributed by atoms with Crippen molar-refractivity contribution in [2.45, 2.75) is 91.3 Å². The lowest BCUT2D eigenvalue weighted by Crippen LogP contribution is -2.62. The van der Waals surface area contributed by atoms with Crippen LogP contribution in [0.3, 0.4) is 0 Å². The first-order valence-electron chi connectivity index (χ1n) is 13.8. The van der Waals surface area contributed by atoms with Gasteiger partial charge in [0.2, 0.25) is 10.0 Å². The molecule has 6 fully saturated rings. The number of carbonyl (C=O) groups excluding carboxylic acids is 1. The second-order valence-electron chi connectivity index (χ2n) is 11.8. The summed E-state index contributed by atoms with van der Waals surface area (Å²) in [5, 5.41) is 0.759. The van der Waals surface area contributed by atoms with Gasteiger partial charge in [-0.05, 0) is 68.7 Å². The van der Waals surface area contributed by atoms with Crippen molar-refractivity contribution in [3.05, 3.63) is 29.3 Å². The van der Waals surface area contributed by atoms with Crippen molar-refractivity contribution in [2.24, 2.45) is 5.92 Å². The van der Waals surface area contributed by atoms with Crippen molar-refractivity contribution >= 4 is 39.1 Å². The fourth-order valence-corrected chi connectivity index (χ4v) is 10.4. The number of nitrogens with zero attached hydrogens (tertiary/aromatic N) is 3. The fraction of sp³-hybridized carbons (Fsp3) is 0.731. The first-order valence-corrected chi connectivity index (χ1v) is 16.8. The normalized spacial score (nSPS) is 34.2. The minimum absolute atomic E-state index is 0.0944. The summed E-state index contributed by atoms with van der Waals surface area (Å²) in [6.45, 7) is 1.55. The number of halogens is 1. The van der Waals surface area contributed by atoms with E-state index in [1.165, 1.54) is 0 Å². The highest BCUT2D eigenvalue weighted by molar-refractivity contribution is 7.90. The van der Waals surface area contributed by atoms with E-state index in [0.717, 1.165) is 38.5 Å². The smallest absolute Gasteiger partial charge is 0.410 e. The number of ether oxygens (including phenoxy) is 2. The summed E-state index contributed by atoms with van der Waals surface area (Å²) in [5.74, 6) is 0.252. The number of piperazine rings is 1. The Morgan fingerprint density at radius 3 is 2.26 bits per heavy atom. The van der Waals surface area contributed by atoms with Crippen LogP contribution in [-0.2, 0) is 30.9 Å². The molecule has 2 bridgehead atoms. The Morgan fingerprint density at radius 1 is 1.03 bits per heavy atom. The van der Waals surface area contributed by atoms with E-state index in [-0.39, 0.29) is 40.8 Å². The molecule has 9 nitrogen and oxygen atoms in total. The van der Waals surface area contributed by atoms with E-state index < -0.39 is 39.1 Å². The Balaban J connectivity index is 1.11. The number of hydrogen-bond donors (Lipinski definition) is 0. The number of sulfonamides is 1. The number of likely N-dealkylation sites (tertiary alicyclic amines) is 1. The number of fused-ring (bicyclic) bond motifs is 2. The van der Waals surface area contributed by atoms with E-state index in [2.05, 4.69) is 4.31 Å². The third-order valence-electron chi connectivity index (χ3n) is 9.08. The molecule has 5 atom stereocenters. The van der Waals surface area contributed by atoms with E-state index in [1.807, 2.05) is 0 Å². The van der Waals surface area contributed by atoms with Gasteiger partial charge in [0.25, 0.3) is 0 Å². The van der Waals surface area contributed by atoms with Crippen LogP contribution in [-0.4, -0.2) is 93.9 Å².